The topological polar surface area (TPSA) is 43.4 Å². The summed E-state index contributed by atoms with van der Waals surface area (Å²) >= 11 is 1.53. The number of methoxy groups -OCH3 is 1. The molecule has 0 saturated heterocycles. The maximum atomic E-state index is 12.0. The third-order valence-electron chi connectivity index (χ3n) is 2.50. The van der Waals surface area contributed by atoms with Gasteiger partial charge in [0.2, 0.25) is 0 Å². The van der Waals surface area contributed by atoms with E-state index < -0.39 is 5.92 Å². The Kier molecular flexibility index (Phi) is 5.22. The molecule has 0 heterocycles. The van der Waals surface area contributed by atoms with Crippen LogP contribution in [0.4, 0.5) is 0 Å². The SMILES string of the molecule is COC(=O)C(C)CC(=O)c1ccccc1SC. The third kappa shape index (κ3) is 3.60. The highest BCUT2D eigenvalue weighted by molar-refractivity contribution is 7.98. The first-order valence-electron chi connectivity index (χ1n) is 5.34. The van der Waals surface area contributed by atoms with Crippen molar-refractivity contribution in [2.75, 3.05) is 13.4 Å². The number of ether oxygens (including phenoxy) is 1. The second-order valence-corrected chi connectivity index (χ2v) is 4.60. The Labute approximate surface area is 106 Å². The maximum Gasteiger partial charge on any atom is 0.308 e. The van der Waals surface area contributed by atoms with Crippen LogP contribution in [0.25, 0.3) is 0 Å². The van der Waals surface area contributed by atoms with Crippen molar-refractivity contribution >= 4 is 23.5 Å². The Morgan fingerprint density at radius 3 is 2.59 bits per heavy atom. The molecule has 17 heavy (non-hydrogen) atoms. The second-order valence-electron chi connectivity index (χ2n) is 3.75. The molecule has 0 spiro atoms. The molecule has 92 valence electrons. The van der Waals surface area contributed by atoms with Gasteiger partial charge in [0.25, 0.3) is 0 Å². The van der Waals surface area contributed by atoms with Crippen LogP contribution >= 0.6 is 11.8 Å². The van der Waals surface area contributed by atoms with Gasteiger partial charge < -0.3 is 4.74 Å². The number of ketones is 1. The lowest BCUT2D eigenvalue weighted by Gasteiger charge is -2.10. The quantitative estimate of drug-likeness (QED) is 0.459. The average molecular weight is 252 g/mol. The van der Waals surface area contributed by atoms with Crippen molar-refractivity contribution in [3.63, 3.8) is 0 Å². The van der Waals surface area contributed by atoms with Crippen molar-refractivity contribution in [1.82, 2.24) is 0 Å². The van der Waals surface area contributed by atoms with Crippen LogP contribution < -0.4 is 0 Å². The van der Waals surface area contributed by atoms with Crippen LogP contribution in [0, 0.1) is 5.92 Å². The highest BCUT2D eigenvalue weighted by Gasteiger charge is 2.19. The predicted octanol–water partition coefficient (Wildman–Crippen LogP) is 2.79. The van der Waals surface area contributed by atoms with Crippen molar-refractivity contribution in [1.29, 1.82) is 0 Å². The van der Waals surface area contributed by atoms with Gasteiger partial charge in [-0.2, -0.15) is 0 Å². The molecule has 1 atom stereocenters. The van der Waals surface area contributed by atoms with Crippen LogP contribution in [-0.2, 0) is 9.53 Å². The van der Waals surface area contributed by atoms with Gasteiger partial charge >= 0.3 is 5.97 Å². The minimum absolute atomic E-state index is 0.0205. The summed E-state index contributed by atoms with van der Waals surface area (Å²) in [5.41, 5.74) is 0.677. The number of hydrogen-bond donors (Lipinski definition) is 0. The molecule has 0 aliphatic heterocycles. The number of carbonyl (C=O) groups excluding carboxylic acids is 2. The van der Waals surface area contributed by atoms with Crippen LogP contribution in [0.3, 0.4) is 0 Å². The molecule has 0 radical (unpaired) electrons. The Bertz CT molecular complexity index is 415. The summed E-state index contributed by atoms with van der Waals surface area (Å²) in [6.07, 6.45) is 2.11. The molecular formula is C13H16O3S. The zero-order valence-corrected chi connectivity index (χ0v) is 11.0. The molecule has 3 nitrogen and oxygen atoms in total. The first-order chi connectivity index (χ1) is 8.10. The van der Waals surface area contributed by atoms with E-state index in [4.69, 9.17) is 0 Å². The first-order valence-corrected chi connectivity index (χ1v) is 6.56. The maximum absolute atomic E-state index is 12.0. The largest absolute Gasteiger partial charge is 0.469 e. The number of rotatable bonds is 5. The normalized spacial score (nSPS) is 11.9. The van der Waals surface area contributed by atoms with Gasteiger partial charge in [-0.15, -0.1) is 11.8 Å². The Hall–Kier alpha value is -1.29. The Balaban J connectivity index is 2.79. The number of benzene rings is 1. The van der Waals surface area contributed by atoms with Crippen molar-refractivity contribution in [3.05, 3.63) is 29.8 Å². The van der Waals surface area contributed by atoms with E-state index in [1.165, 1.54) is 18.9 Å². The summed E-state index contributed by atoms with van der Waals surface area (Å²) in [4.78, 5) is 24.2. The standard InChI is InChI=1S/C13H16O3S/c1-9(13(15)16-2)8-11(14)10-6-4-5-7-12(10)17-3/h4-7,9H,8H2,1-3H3. The molecule has 1 unspecified atom stereocenters. The van der Waals surface area contributed by atoms with E-state index in [0.29, 0.717) is 5.56 Å². The van der Waals surface area contributed by atoms with E-state index in [1.54, 1.807) is 13.0 Å². The monoisotopic (exact) mass is 252 g/mol. The number of carbonyl (C=O) groups is 2. The van der Waals surface area contributed by atoms with Crippen LogP contribution in [0.5, 0.6) is 0 Å². The molecule has 0 N–H and O–H groups in total. The smallest absolute Gasteiger partial charge is 0.308 e. The summed E-state index contributed by atoms with van der Waals surface area (Å²) in [6, 6.07) is 7.42. The summed E-state index contributed by atoms with van der Waals surface area (Å²) < 4.78 is 4.61. The summed E-state index contributed by atoms with van der Waals surface area (Å²) in [5, 5.41) is 0. The molecule has 0 aliphatic rings. The fraction of sp³-hybridized carbons (Fsp3) is 0.385. The fourth-order valence-corrected chi connectivity index (χ4v) is 2.16. The Morgan fingerprint density at radius 2 is 2.00 bits per heavy atom. The van der Waals surface area contributed by atoms with Gasteiger partial charge in [-0.1, -0.05) is 25.1 Å². The predicted molar refractivity (Wildman–Crippen MR) is 68.4 cm³/mol. The van der Waals surface area contributed by atoms with Gasteiger partial charge in [0.05, 0.1) is 13.0 Å². The lowest BCUT2D eigenvalue weighted by atomic mass is 10.00. The molecule has 1 aromatic carbocycles. The molecule has 0 fully saturated rings. The van der Waals surface area contributed by atoms with Crippen molar-refractivity contribution < 1.29 is 14.3 Å². The van der Waals surface area contributed by atoms with Gasteiger partial charge in [-0.25, -0.2) is 0 Å². The summed E-state index contributed by atoms with van der Waals surface area (Å²) in [6.45, 7) is 1.70. The summed E-state index contributed by atoms with van der Waals surface area (Å²) in [7, 11) is 1.33. The number of thioether (sulfide) groups is 1. The van der Waals surface area contributed by atoms with Gasteiger partial charge in [0, 0.05) is 16.9 Å². The van der Waals surface area contributed by atoms with E-state index >= 15 is 0 Å². The number of Topliss-reactive ketones (excluding diaryl/α,β-unsaturated/α-hetero) is 1. The molecule has 4 heteroatoms. The Morgan fingerprint density at radius 1 is 1.35 bits per heavy atom. The van der Waals surface area contributed by atoms with Crippen LogP contribution in [0.1, 0.15) is 23.7 Å². The lowest BCUT2D eigenvalue weighted by molar-refractivity contribution is -0.144. The zero-order valence-electron chi connectivity index (χ0n) is 10.2. The number of hydrogen-bond acceptors (Lipinski definition) is 4. The molecule has 1 rings (SSSR count). The highest BCUT2D eigenvalue weighted by Crippen LogP contribution is 2.22. The van der Waals surface area contributed by atoms with Gasteiger partial charge in [0.15, 0.2) is 5.78 Å². The van der Waals surface area contributed by atoms with Crippen molar-refractivity contribution in [3.8, 4) is 0 Å². The van der Waals surface area contributed by atoms with Crippen molar-refractivity contribution in [2.45, 2.75) is 18.2 Å². The van der Waals surface area contributed by atoms with Gasteiger partial charge in [0.1, 0.15) is 0 Å². The van der Waals surface area contributed by atoms with E-state index in [-0.39, 0.29) is 18.2 Å². The van der Waals surface area contributed by atoms with Crippen LogP contribution in [0.2, 0.25) is 0 Å². The molecule has 0 aromatic heterocycles. The summed E-state index contributed by atoms with van der Waals surface area (Å²) in [5.74, 6) is -0.768. The fourth-order valence-electron chi connectivity index (χ4n) is 1.55. The molecule has 1 aromatic rings. The van der Waals surface area contributed by atoms with Crippen LogP contribution in [0.15, 0.2) is 29.2 Å². The second kappa shape index (κ2) is 6.45. The molecule has 0 aliphatic carbocycles. The van der Waals surface area contributed by atoms with E-state index in [2.05, 4.69) is 4.74 Å². The molecule has 0 amide bonds. The minimum atomic E-state index is -0.401. The molecular weight excluding hydrogens is 236 g/mol. The first kappa shape index (κ1) is 13.8. The zero-order chi connectivity index (χ0) is 12.8. The molecule has 0 saturated carbocycles. The minimum Gasteiger partial charge on any atom is -0.469 e. The third-order valence-corrected chi connectivity index (χ3v) is 3.30. The van der Waals surface area contributed by atoms with E-state index in [1.807, 2.05) is 24.5 Å². The number of esters is 1. The van der Waals surface area contributed by atoms with E-state index in [0.717, 1.165) is 4.90 Å². The van der Waals surface area contributed by atoms with Gasteiger partial charge in [-0.3, -0.25) is 9.59 Å². The average Bonchev–Trinajstić information content (AvgIpc) is 2.37. The van der Waals surface area contributed by atoms with Crippen LogP contribution in [-0.4, -0.2) is 25.1 Å². The van der Waals surface area contributed by atoms with E-state index in [9.17, 15) is 9.59 Å². The highest BCUT2D eigenvalue weighted by atomic mass is 32.2. The van der Waals surface area contributed by atoms with Crippen molar-refractivity contribution in [2.24, 2.45) is 5.92 Å². The molecule has 0 bridgehead atoms. The lowest BCUT2D eigenvalue weighted by Crippen LogP contribution is -2.17. The van der Waals surface area contributed by atoms with Gasteiger partial charge in [-0.05, 0) is 12.3 Å².